The van der Waals surface area contributed by atoms with Crippen LogP contribution in [0, 0.1) is 6.92 Å². The summed E-state index contributed by atoms with van der Waals surface area (Å²) in [4.78, 5) is 29.0. The van der Waals surface area contributed by atoms with Gasteiger partial charge in [-0.1, -0.05) is 17.7 Å². The van der Waals surface area contributed by atoms with Crippen LogP contribution >= 0.6 is 0 Å². The molecule has 2 aromatic rings. The molecule has 150 valence electrons. The zero-order valence-corrected chi connectivity index (χ0v) is 16.5. The summed E-state index contributed by atoms with van der Waals surface area (Å²) in [5.74, 6) is 0.741. The van der Waals surface area contributed by atoms with Gasteiger partial charge in [-0.3, -0.25) is 19.4 Å². The molecule has 0 aromatic heterocycles. The highest BCUT2D eigenvalue weighted by molar-refractivity contribution is 6.52. The van der Waals surface area contributed by atoms with Gasteiger partial charge >= 0.3 is 5.91 Å². The standard InChI is InChI=1S/C23H24N2O4/c1-15-5-7-19-17(12-15)22(26)23(27)25(19)14-24-9-2-4-18(24)16-6-8-20-21(13-16)29-11-3-10-28-20/h5-8,12-13,18H,2-4,9-11,14H2,1H3/t18-/m1/s1. The second-order valence-corrected chi connectivity index (χ2v) is 7.95. The molecule has 29 heavy (non-hydrogen) atoms. The van der Waals surface area contributed by atoms with Crippen LogP contribution < -0.4 is 14.4 Å². The van der Waals surface area contributed by atoms with Gasteiger partial charge in [0.15, 0.2) is 11.5 Å². The number of anilines is 1. The first-order chi connectivity index (χ1) is 14.1. The number of aryl methyl sites for hydroxylation is 1. The van der Waals surface area contributed by atoms with Crippen LogP contribution in [0.5, 0.6) is 11.5 Å². The number of rotatable bonds is 3. The first kappa shape index (κ1) is 18.2. The van der Waals surface area contributed by atoms with E-state index in [-0.39, 0.29) is 6.04 Å². The monoisotopic (exact) mass is 392 g/mol. The van der Waals surface area contributed by atoms with E-state index in [0.717, 1.165) is 54.1 Å². The largest absolute Gasteiger partial charge is 0.490 e. The number of ketones is 1. The Morgan fingerprint density at radius 1 is 1.00 bits per heavy atom. The minimum absolute atomic E-state index is 0.185. The van der Waals surface area contributed by atoms with Gasteiger partial charge in [-0.15, -0.1) is 0 Å². The maximum absolute atomic E-state index is 12.6. The molecule has 0 saturated carbocycles. The summed E-state index contributed by atoms with van der Waals surface area (Å²) >= 11 is 0. The van der Waals surface area contributed by atoms with E-state index >= 15 is 0 Å². The van der Waals surface area contributed by atoms with Crippen LogP contribution in [-0.2, 0) is 4.79 Å². The molecular formula is C23H24N2O4. The molecule has 1 amide bonds. The summed E-state index contributed by atoms with van der Waals surface area (Å²) in [6.07, 6.45) is 2.94. The van der Waals surface area contributed by atoms with E-state index < -0.39 is 11.7 Å². The fourth-order valence-corrected chi connectivity index (χ4v) is 4.50. The number of fused-ring (bicyclic) bond motifs is 2. The zero-order chi connectivity index (χ0) is 20.0. The number of nitrogens with zero attached hydrogens (tertiary/aromatic N) is 2. The highest BCUT2D eigenvalue weighted by Gasteiger charge is 2.38. The molecular weight excluding hydrogens is 368 g/mol. The third-order valence-corrected chi connectivity index (χ3v) is 5.97. The number of carbonyl (C=O) groups excluding carboxylic acids is 2. The number of amides is 1. The molecule has 0 bridgehead atoms. The zero-order valence-electron chi connectivity index (χ0n) is 16.5. The Hall–Kier alpha value is -2.86. The van der Waals surface area contributed by atoms with Crippen molar-refractivity contribution in [3.63, 3.8) is 0 Å². The molecule has 5 rings (SSSR count). The summed E-state index contributed by atoms with van der Waals surface area (Å²) in [6, 6.07) is 12.0. The fraction of sp³-hybridized carbons (Fsp3) is 0.391. The van der Waals surface area contributed by atoms with Gasteiger partial charge in [0.05, 0.1) is 31.1 Å². The Morgan fingerprint density at radius 2 is 1.83 bits per heavy atom. The molecule has 0 aliphatic carbocycles. The fourth-order valence-electron chi connectivity index (χ4n) is 4.50. The molecule has 0 spiro atoms. The summed E-state index contributed by atoms with van der Waals surface area (Å²) in [5, 5.41) is 0. The number of ether oxygens (including phenoxy) is 2. The Kier molecular flexibility index (Phi) is 4.51. The molecule has 1 fully saturated rings. The molecule has 3 aliphatic rings. The topological polar surface area (TPSA) is 59.1 Å². The second-order valence-electron chi connectivity index (χ2n) is 7.95. The SMILES string of the molecule is Cc1ccc2c(c1)C(=O)C(=O)N2CN1CCC[C@@H]1c1ccc2c(c1)OCCCO2. The van der Waals surface area contributed by atoms with Crippen LogP contribution in [0.15, 0.2) is 36.4 Å². The van der Waals surface area contributed by atoms with E-state index in [2.05, 4.69) is 17.0 Å². The van der Waals surface area contributed by atoms with Gasteiger partial charge in [0.25, 0.3) is 5.78 Å². The Bertz CT molecular complexity index is 987. The maximum Gasteiger partial charge on any atom is 0.300 e. The van der Waals surface area contributed by atoms with Gasteiger partial charge in [-0.05, 0) is 49.6 Å². The molecule has 0 unspecified atom stereocenters. The van der Waals surface area contributed by atoms with Gasteiger partial charge in [0, 0.05) is 19.0 Å². The first-order valence-electron chi connectivity index (χ1n) is 10.2. The maximum atomic E-state index is 12.6. The summed E-state index contributed by atoms with van der Waals surface area (Å²) in [7, 11) is 0. The Labute approximate surface area is 170 Å². The van der Waals surface area contributed by atoms with Crippen LogP contribution in [0.25, 0.3) is 0 Å². The van der Waals surface area contributed by atoms with Crippen molar-refractivity contribution in [3.8, 4) is 11.5 Å². The predicted octanol–water partition coefficient (Wildman–Crippen LogP) is 3.48. The van der Waals surface area contributed by atoms with E-state index in [1.54, 1.807) is 11.0 Å². The van der Waals surface area contributed by atoms with Crippen molar-refractivity contribution in [1.29, 1.82) is 0 Å². The average Bonchev–Trinajstić information content (AvgIpc) is 3.17. The number of hydrogen-bond donors (Lipinski definition) is 0. The quantitative estimate of drug-likeness (QED) is 0.749. The van der Waals surface area contributed by atoms with Gasteiger partial charge in [-0.25, -0.2) is 0 Å². The van der Waals surface area contributed by atoms with E-state index in [9.17, 15) is 9.59 Å². The van der Waals surface area contributed by atoms with Crippen LogP contribution in [0.2, 0.25) is 0 Å². The smallest absolute Gasteiger partial charge is 0.300 e. The lowest BCUT2D eigenvalue weighted by Crippen LogP contribution is -2.40. The van der Waals surface area contributed by atoms with Crippen molar-refractivity contribution in [3.05, 3.63) is 53.1 Å². The average molecular weight is 392 g/mol. The van der Waals surface area contributed by atoms with Gasteiger partial charge in [0.1, 0.15) is 0 Å². The number of Topliss-reactive ketones (excluding diaryl/α,β-unsaturated/α-hetero) is 1. The minimum Gasteiger partial charge on any atom is -0.490 e. The van der Waals surface area contributed by atoms with Crippen molar-refractivity contribution in [1.82, 2.24) is 4.90 Å². The molecule has 6 heteroatoms. The summed E-state index contributed by atoms with van der Waals surface area (Å²) < 4.78 is 11.6. The lowest BCUT2D eigenvalue weighted by molar-refractivity contribution is -0.114. The first-order valence-corrected chi connectivity index (χ1v) is 10.2. The highest BCUT2D eigenvalue weighted by atomic mass is 16.5. The molecule has 3 heterocycles. The van der Waals surface area contributed by atoms with E-state index in [1.165, 1.54) is 0 Å². The van der Waals surface area contributed by atoms with Crippen LogP contribution in [-0.4, -0.2) is 43.0 Å². The summed E-state index contributed by atoms with van der Waals surface area (Å²) in [5.41, 5.74) is 3.38. The third-order valence-electron chi connectivity index (χ3n) is 5.97. The number of hydrogen-bond acceptors (Lipinski definition) is 5. The van der Waals surface area contributed by atoms with Crippen LogP contribution in [0.3, 0.4) is 0 Å². The molecule has 2 aromatic carbocycles. The molecule has 1 saturated heterocycles. The third kappa shape index (κ3) is 3.17. The van der Waals surface area contributed by atoms with E-state index in [1.807, 2.05) is 25.1 Å². The number of likely N-dealkylation sites (tertiary alicyclic amines) is 1. The van der Waals surface area contributed by atoms with Gasteiger partial charge in [0.2, 0.25) is 0 Å². The van der Waals surface area contributed by atoms with Crippen molar-refractivity contribution in [2.45, 2.75) is 32.2 Å². The Balaban J connectivity index is 1.40. The second kappa shape index (κ2) is 7.19. The van der Waals surface area contributed by atoms with Crippen molar-refractivity contribution in [2.75, 3.05) is 31.3 Å². The highest BCUT2D eigenvalue weighted by Crippen LogP contribution is 2.39. The minimum atomic E-state index is -0.435. The van der Waals surface area contributed by atoms with Gasteiger partial charge < -0.3 is 9.47 Å². The van der Waals surface area contributed by atoms with E-state index in [4.69, 9.17) is 9.47 Å². The van der Waals surface area contributed by atoms with Crippen molar-refractivity contribution < 1.29 is 19.1 Å². The summed E-state index contributed by atoms with van der Waals surface area (Å²) in [6.45, 7) is 4.57. The molecule has 0 N–H and O–H groups in total. The molecule has 1 atom stereocenters. The normalized spacial score (nSPS) is 21.4. The van der Waals surface area contributed by atoms with Gasteiger partial charge in [-0.2, -0.15) is 0 Å². The molecule has 6 nitrogen and oxygen atoms in total. The Morgan fingerprint density at radius 3 is 2.69 bits per heavy atom. The van der Waals surface area contributed by atoms with Crippen molar-refractivity contribution in [2.24, 2.45) is 0 Å². The molecule has 3 aliphatic heterocycles. The number of benzene rings is 2. The van der Waals surface area contributed by atoms with E-state index in [0.29, 0.717) is 25.4 Å². The molecule has 0 radical (unpaired) electrons. The van der Waals surface area contributed by atoms with Crippen LogP contribution in [0.1, 0.15) is 46.8 Å². The number of carbonyl (C=O) groups is 2. The van der Waals surface area contributed by atoms with Crippen LogP contribution in [0.4, 0.5) is 5.69 Å². The lowest BCUT2D eigenvalue weighted by Gasteiger charge is -2.29. The lowest BCUT2D eigenvalue weighted by atomic mass is 10.0. The predicted molar refractivity (Wildman–Crippen MR) is 109 cm³/mol. The van der Waals surface area contributed by atoms with Crippen molar-refractivity contribution >= 4 is 17.4 Å².